The van der Waals surface area contributed by atoms with Gasteiger partial charge in [-0.1, -0.05) is 6.07 Å². The number of pyridine rings is 1. The van der Waals surface area contributed by atoms with Crippen molar-refractivity contribution in [3.63, 3.8) is 0 Å². The Morgan fingerprint density at radius 1 is 1.30 bits per heavy atom. The fourth-order valence-electron chi connectivity index (χ4n) is 2.34. The molecule has 103 valence electrons. The molecule has 1 fully saturated rings. The Hall–Kier alpha value is -2.07. The lowest BCUT2D eigenvalue weighted by Gasteiger charge is -2.36. The van der Waals surface area contributed by atoms with Crippen LogP contribution in [0.25, 0.3) is 11.3 Å². The van der Waals surface area contributed by atoms with Gasteiger partial charge < -0.3 is 9.47 Å². The van der Waals surface area contributed by atoms with Crippen molar-refractivity contribution in [2.24, 2.45) is 0 Å². The van der Waals surface area contributed by atoms with E-state index in [2.05, 4.69) is 23.1 Å². The molecule has 20 heavy (non-hydrogen) atoms. The third-order valence-electron chi connectivity index (χ3n) is 3.39. The number of rotatable bonds is 4. The van der Waals surface area contributed by atoms with Gasteiger partial charge in [0, 0.05) is 24.7 Å². The first-order valence-electron chi connectivity index (χ1n) is 6.63. The zero-order valence-electron chi connectivity index (χ0n) is 11.7. The van der Waals surface area contributed by atoms with E-state index in [4.69, 9.17) is 9.47 Å². The smallest absolute Gasteiger partial charge is 0.131 e. The van der Waals surface area contributed by atoms with Gasteiger partial charge in [0.2, 0.25) is 0 Å². The van der Waals surface area contributed by atoms with E-state index >= 15 is 0 Å². The first-order chi connectivity index (χ1) is 9.76. The Morgan fingerprint density at radius 2 is 2.15 bits per heavy atom. The summed E-state index contributed by atoms with van der Waals surface area (Å²) in [5.41, 5.74) is 1.79. The molecule has 2 heterocycles. The molecule has 1 aliphatic rings. The van der Waals surface area contributed by atoms with Crippen molar-refractivity contribution < 1.29 is 9.47 Å². The lowest BCUT2D eigenvalue weighted by atomic mass is 10.1. The van der Waals surface area contributed by atoms with Crippen molar-refractivity contribution in [1.82, 2.24) is 9.88 Å². The Bertz CT molecular complexity index is 580. The second-order valence-corrected chi connectivity index (χ2v) is 4.98. The van der Waals surface area contributed by atoms with Gasteiger partial charge in [-0.05, 0) is 31.3 Å². The van der Waals surface area contributed by atoms with Crippen LogP contribution in [-0.2, 0) is 0 Å². The van der Waals surface area contributed by atoms with Gasteiger partial charge in [0.25, 0.3) is 0 Å². The molecule has 0 unspecified atom stereocenters. The normalized spacial score (nSPS) is 15.7. The maximum Gasteiger partial charge on any atom is 0.131 e. The van der Waals surface area contributed by atoms with Crippen LogP contribution in [-0.4, -0.2) is 43.2 Å². The number of ether oxygens (including phenoxy) is 2. The van der Waals surface area contributed by atoms with Gasteiger partial charge in [0.15, 0.2) is 0 Å². The van der Waals surface area contributed by atoms with Crippen LogP contribution in [0, 0.1) is 6.20 Å². The SMILES string of the molecule is COc1cc(OC2CN(C)C2)ccc1-c1ccc[c]n1. The van der Waals surface area contributed by atoms with E-state index < -0.39 is 0 Å². The van der Waals surface area contributed by atoms with Crippen LogP contribution < -0.4 is 9.47 Å². The average molecular weight is 269 g/mol. The quantitative estimate of drug-likeness (QED) is 0.852. The van der Waals surface area contributed by atoms with Crippen molar-refractivity contribution in [1.29, 1.82) is 0 Å². The Kier molecular flexibility index (Phi) is 3.56. The molecule has 0 amide bonds. The monoisotopic (exact) mass is 269 g/mol. The van der Waals surface area contributed by atoms with Crippen LogP contribution in [0.4, 0.5) is 0 Å². The van der Waals surface area contributed by atoms with E-state index in [0.717, 1.165) is 35.8 Å². The zero-order chi connectivity index (χ0) is 13.9. The van der Waals surface area contributed by atoms with Crippen LogP contribution >= 0.6 is 0 Å². The van der Waals surface area contributed by atoms with Crippen molar-refractivity contribution >= 4 is 0 Å². The van der Waals surface area contributed by atoms with E-state index in [0.29, 0.717) is 0 Å². The van der Waals surface area contributed by atoms with Crippen molar-refractivity contribution in [2.45, 2.75) is 6.10 Å². The summed E-state index contributed by atoms with van der Waals surface area (Å²) in [7, 11) is 3.74. The topological polar surface area (TPSA) is 34.6 Å². The summed E-state index contributed by atoms with van der Waals surface area (Å²) in [5.74, 6) is 1.60. The van der Waals surface area contributed by atoms with Crippen LogP contribution in [0.3, 0.4) is 0 Å². The molecule has 1 aromatic heterocycles. The van der Waals surface area contributed by atoms with Crippen molar-refractivity contribution in [3.05, 3.63) is 42.6 Å². The molecular formula is C16H17N2O2. The highest BCUT2D eigenvalue weighted by molar-refractivity contribution is 5.68. The summed E-state index contributed by atoms with van der Waals surface area (Å²) in [6.45, 7) is 1.94. The maximum atomic E-state index is 5.90. The number of likely N-dealkylation sites (tertiary alicyclic amines) is 1. The highest BCUT2D eigenvalue weighted by atomic mass is 16.5. The van der Waals surface area contributed by atoms with Crippen LogP contribution in [0.2, 0.25) is 0 Å². The van der Waals surface area contributed by atoms with E-state index in [-0.39, 0.29) is 6.10 Å². The Balaban J connectivity index is 1.83. The summed E-state index contributed by atoms with van der Waals surface area (Å²) in [6, 6.07) is 11.5. The molecule has 3 rings (SSSR count). The number of benzene rings is 1. The minimum absolute atomic E-state index is 0.277. The van der Waals surface area contributed by atoms with Crippen LogP contribution in [0.5, 0.6) is 11.5 Å². The van der Waals surface area contributed by atoms with Gasteiger partial charge in [-0.2, -0.15) is 0 Å². The Labute approximate surface area is 119 Å². The average Bonchev–Trinajstić information content (AvgIpc) is 2.46. The molecule has 0 aliphatic carbocycles. The largest absolute Gasteiger partial charge is 0.496 e. The number of aromatic nitrogens is 1. The third kappa shape index (κ3) is 2.60. The minimum Gasteiger partial charge on any atom is -0.496 e. The van der Waals surface area contributed by atoms with Crippen LogP contribution in [0.15, 0.2) is 36.4 Å². The highest BCUT2D eigenvalue weighted by Crippen LogP contribution is 2.32. The molecule has 2 aromatic rings. The lowest BCUT2D eigenvalue weighted by molar-refractivity contribution is 0.0387. The lowest BCUT2D eigenvalue weighted by Crippen LogP contribution is -2.51. The van der Waals surface area contributed by atoms with E-state index in [1.54, 1.807) is 13.2 Å². The second-order valence-electron chi connectivity index (χ2n) is 4.98. The molecule has 1 aliphatic heterocycles. The first-order valence-corrected chi connectivity index (χ1v) is 6.63. The zero-order valence-corrected chi connectivity index (χ0v) is 11.7. The van der Waals surface area contributed by atoms with Gasteiger partial charge in [-0.3, -0.25) is 4.90 Å². The van der Waals surface area contributed by atoms with Gasteiger partial charge >= 0.3 is 0 Å². The predicted octanol–water partition coefficient (Wildman–Crippen LogP) is 2.25. The fourth-order valence-corrected chi connectivity index (χ4v) is 2.34. The molecular weight excluding hydrogens is 252 g/mol. The van der Waals surface area contributed by atoms with Gasteiger partial charge in [0.1, 0.15) is 17.6 Å². The summed E-state index contributed by atoms with van der Waals surface area (Å²) >= 11 is 0. The van der Waals surface area contributed by atoms with E-state index in [1.807, 2.05) is 30.3 Å². The van der Waals surface area contributed by atoms with Gasteiger partial charge in [0.05, 0.1) is 19.0 Å². The minimum atomic E-state index is 0.277. The molecule has 4 heteroatoms. The maximum absolute atomic E-state index is 5.90. The molecule has 0 N–H and O–H groups in total. The summed E-state index contributed by atoms with van der Waals surface area (Å²) in [6.07, 6.45) is 3.12. The number of nitrogens with zero attached hydrogens (tertiary/aromatic N) is 2. The standard InChI is InChI=1S/C16H17N2O2/c1-18-10-13(11-18)20-12-6-7-14(16(9-12)19-2)15-5-3-4-8-17-15/h3-7,9,13H,10-11H2,1-2H3. The number of hydrogen-bond acceptors (Lipinski definition) is 4. The number of hydrogen-bond donors (Lipinski definition) is 0. The fraction of sp³-hybridized carbons (Fsp3) is 0.312. The van der Waals surface area contributed by atoms with Gasteiger partial charge in [-0.15, -0.1) is 0 Å². The number of likely N-dealkylation sites (N-methyl/N-ethyl adjacent to an activating group) is 1. The first kappa shape index (κ1) is 12.9. The number of methoxy groups -OCH3 is 1. The molecule has 0 atom stereocenters. The molecule has 4 nitrogen and oxygen atoms in total. The van der Waals surface area contributed by atoms with Crippen molar-refractivity contribution in [2.75, 3.05) is 27.2 Å². The summed E-state index contributed by atoms with van der Waals surface area (Å²) < 4.78 is 11.4. The highest BCUT2D eigenvalue weighted by Gasteiger charge is 2.25. The van der Waals surface area contributed by atoms with Gasteiger partial charge in [-0.25, -0.2) is 4.98 Å². The van der Waals surface area contributed by atoms with E-state index in [1.165, 1.54) is 0 Å². The summed E-state index contributed by atoms with van der Waals surface area (Å²) in [5, 5.41) is 0. The van der Waals surface area contributed by atoms with Crippen LogP contribution in [0.1, 0.15) is 0 Å². The molecule has 1 saturated heterocycles. The van der Waals surface area contributed by atoms with Crippen molar-refractivity contribution in [3.8, 4) is 22.8 Å². The summed E-state index contributed by atoms with van der Waals surface area (Å²) in [4.78, 5) is 6.46. The Morgan fingerprint density at radius 3 is 2.80 bits per heavy atom. The predicted molar refractivity (Wildman–Crippen MR) is 77.0 cm³/mol. The second kappa shape index (κ2) is 5.51. The molecule has 1 aromatic carbocycles. The molecule has 0 saturated carbocycles. The van der Waals surface area contributed by atoms with E-state index in [9.17, 15) is 0 Å². The third-order valence-corrected chi connectivity index (χ3v) is 3.39. The molecule has 1 radical (unpaired) electrons. The molecule has 0 spiro atoms. The molecule has 0 bridgehead atoms.